The number of phenols is 1. The van der Waals surface area contributed by atoms with Crippen molar-refractivity contribution in [3.8, 4) is 5.75 Å². The summed E-state index contributed by atoms with van der Waals surface area (Å²) < 4.78 is 0. The van der Waals surface area contributed by atoms with Crippen LogP contribution >= 0.6 is 11.6 Å². The van der Waals surface area contributed by atoms with Crippen LogP contribution in [0.2, 0.25) is 5.02 Å². The maximum atomic E-state index is 12.3. The van der Waals surface area contributed by atoms with Crippen LogP contribution in [0, 0.1) is 0 Å². The van der Waals surface area contributed by atoms with E-state index in [9.17, 15) is 14.7 Å². The predicted molar refractivity (Wildman–Crippen MR) is 104 cm³/mol. The van der Waals surface area contributed by atoms with Gasteiger partial charge >= 0.3 is 6.03 Å². The summed E-state index contributed by atoms with van der Waals surface area (Å²) in [5, 5.41) is 18.6. The summed E-state index contributed by atoms with van der Waals surface area (Å²) in [5.41, 5.74) is 0.396. The molecule has 1 aromatic rings. The fourth-order valence-electron chi connectivity index (χ4n) is 3.06. The third-order valence-electron chi connectivity index (χ3n) is 4.19. The molecule has 0 aliphatic heterocycles. The van der Waals surface area contributed by atoms with Gasteiger partial charge in [-0.2, -0.15) is 0 Å². The van der Waals surface area contributed by atoms with Crippen molar-refractivity contribution in [2.45, 2.75) is 70.9 Å². The second-order valence-corrected chi connectivity index (χ2v) is 8.29. The molecule has 1 fully saturated rings. The first-order valence-electron chi connectivity index (χ1n) is 9.04. The van der Waals surface area contributed by atoms with Gasteiger partial charge in [0.2, 0.25) is 5.91 Å². The van der Waals surface area contributed by atoms with Gasteiger partial charge in [-0.15, -0.1) is 0 Å². The Morgan fingerprint density at radius 2 is 1.85 bits per heavy atom. The smallest absolute Gasteiger partial charge is 0.319 e. The van der Waals surface area contributed by atoms with Crippen LogP contribution in [-0.4, -0.2) is 28.6 Å². The van der Waals surface area contributed by atoms with Gasteiger partial charge in [-0.1, -0.05) is 30.9 Å². The summed E-state index contributed by atoms with van der Waals surface area (Å²) in [6.07, 6.45) is 5.70. The Bertz CT molecular complexity index is 665. The third-order valence-corrected chi connectivity index (χ3v) is 4.48. The molecule has 3 amide bonds. The van der Waals surface area contributed by atoms with Crippen LogP contribution in [0.1, 0.15) is 58.4 Å². The van der Waals surface area contributed by atoms with Gasteiger partial charge in [0.1, 0.15) is 0 Å². The molecular weight excluding hydrogens is 354 g/mol. The molecule has 26 heavy (non-hydrogen) atoms. The number of carbonyl (C=O) groups excluding carboxylic acids is 2. The monoisotopic (exact) mass is 381 g/mol. The zero-order chi connectivity index (χ0) is 19.3. The molecule has 1 aliphatic carbocycles. The number of halogens is 1. The second-order valence-electron chi connectivity index (χ2n) is 7.88. The van der Waals surface area contributed by atoms with Gasteiger partial charge < -0.3 is 21.1 Å². The molecule has 144 valence electrons. The van der Waals surface area contributed by atoms with Crippen molar-refractivity contribution < 1.29 is 14.7 Å². The molecule has 0 unspecified atom stereocenters. The number of rotatable bonds is 4. The number of carbonyl (C=O) groups is 2. The first-order chi connectivity index (χ1) is 12.1. The molecule has 2 rings (SSSR count). The molecular formula is C19H28ClN3O3. The van der Waals surface area contributed by atoms with Gasteiger partial charge in [-0.3, -0.25) is 4.79 Å². The van der Waals surface area contributed by atoms with E-state index in [1.807, 2.05) is 20.8 Å². The summed E-state index contributed by atoms with van der Waals surface area (Å²) in [7, 11) is 0. The number of anilines is 1. The minimum absolute atomic E-state index is 0.0799. The molecule has 0 heterocycles. The first-order valence-corrected chi connectivity index (χ1v) is 9.42. The fourth-order valence-corrected chi connectivity index (χ4v) is 3.30. The SMILES string of the molecule is CC(C)(C)NC(=O)Nc1cc(CC(=O)NC2CCCCC2)cc(Cl)c1O. The van der Waals surface area contributed by atoms with Crippen molar-refractivity contribution >= 4 is 29.2 Å². The summed E-state index contributed by atoms with van der Waals surface area (Å²) in [6, 6.07) is 2.90. The largest absolute Gasteiger partial charge is 0.504 e. The quantitative estimate of drug-likeness (QED) is 0.595. The number of phenolic OH excluding ortho intramolecular Hbond substituents is 1. The van der Waals surface area contributed by atoms with Gasteiger partial charge in [0.05, 0.1) is 17.1 Å². The van der Waals surface area contributed by atoms with Gasteiger partial charge in [0.25, 0.3) is 0 Å². The van der Waals surface area contributed by atoms with Gasteiger partial charge in [-0.05, 0) is 51.3 Å². The molecule has 0 atom stereocenters. The lowest BCUT2D eigenvalue weighted by atomic mass is 9.95. The van der Waals surface area contributed by atoms with Crippen LogP contribution in [0.3, 0.4) is 0 Å². The maximum absolute atomic E-state index is 12.3. The molecule has 0 saturated heterocycles. The Kier molecular flexibility index (Phi) is 6.75. The average molecular weight is 382 g/mol. The molecule has 4 N–H and O–H groups in total. The topological polar surface area (TPSA) is 90.5 Å². The van der Waals surface area contributed by atoms with Crippen molar-refractivity contribution in [3.63, 3.8) is 0 Å². The highest BCUT2D eigenvalue weighted by molar-refractivity contribution is 6.32. The summed E-state index contributed by atoms with van der Waals surface area (Å²) in [4.78, 5) is 24.3. The molecule has 1 aromatic carbocycles. The molecule has 7 heteroatoms. The van der Waals surface area contributed by atoms with E-state index < -0.39 is 11.6 Å². The Balaban J connectivity index is 2.03. The maximum Gasteiger partial charge on any atom is 0.319 e. The van der Waals surface area contributed by atoms with Crippen LogP contribution < -0.4 is 16.0 Å². The summed E-state index contributed by atoms with van der Waals surface area (Å²) in [5.74, 6) is -0.295. The number of benzene rings is 1. The molecule has 0 aromatic heterocycles. The van der Waals surface area contributed by atoms with E-state index in [2.05, 4.69) is 16.0 Å². The van der Waals surface area contributed by atoms with Crippen LogP contribution in [0.25, 0.3) is 0 Å². The van der Waals surface area contributed by atoms with Crippen LogP contribution in [0.15, 0.2) is 12.1 Å². The lowest BCUT2D eigenvalue weighted by Gasteiger charge is -2.23. The predicted octanol–water partition coefficient (Wildman–Crippen LogP) is 3.96. The van der Waals surface area contributed by atoms with Crippen LogP contribution in [0.4, 0.5) is 10.5 Å². The number of hydrogen-bond donors (Lipinski definition) is 4. The van der Waals surface area contributed by atoms with Crippen molar-refractivity contribution in [2.75, 3.05) is 5.32 Å². The number of urea groups is 1. The minimum Gasteiger partial charge on any atom is -0.504 e. The molecule has 6 nitrogen and oxygen atoms in total. The van der Waals surface area contributed by atoms with Crippen molar-refractivity contribution in [1.82, 2.24) is 10.6 Å². The second kappa shape index (κ2) is 8.62. The number of amides is 3. The lowest BCUT2D eigenvalue weighted by molar-refractivity contribution is -0.121. The first kappa shape index (κ1) is 20.4. The van der Waals surface area contributed by atoms with E-state index in [1.54, 1.807) is 12.1 Å². The van der Waals surface area contributed by atoms with Crippen molar-refractivity contribution in [1.29, 1.82) is 0 Å². The van der Waals surface area contributed by atoms with Gasteiger partial charge in [0.15, 0.2) is 5.75 Å². The van der Waals surface area contributed by atoms with E-state index in [0.717, 1.165) is 25.7 Å². The highest BCUT2D eigenvalue weighted by Gasteiger charge is 2.19. The average Bonchev–Trinajstić information content (AvgIpc) is 2.51. The van der Waals surface area contributed by atoms with Gasteiger partial charge in [0, 0.05) is 11.6 Å². The Morgan fingerprint density at radius 1 is 1.19 bits per heavy atom. The van der Waals surface area contributed by atoms with E-state index in [1.165, 1.54) is 6.42 Å². The van der Waals surface area contributed by atoms with Crippen molar-refractivity contribution in [3.05, 3.63) is 22.7 Å². The fraction of sp³-hybridized carbons (Fsp3) is 0.579. The Hall–Kier alpha value is -1.95. The van der Waals surface area contributed by atoms with E-state index in [-0.39, 0.29) is 34.8 Å². The zero-order valence-electron chi connectivity index (χ0n) is 15.6. The normalized spacial score (nSPS) is 15.4. The van der Waals surface area contributed by atoms with Crippen LogP contribution in [-0.2, 0) is 11.2 Å². The van der Waals surface area contributed by atoms with Crippen LogP contribution in [0.5, 0.6) is 5.75 Å². The lowest BCUT2D eigenvalue weighted by Crippen LogP contribution is -2.43. The third kappa shape index (κ3) is 6.41. The minimum atomic E-state index is -0.451. The zero-order valence-corrected chi connectivity index (χ0v) is 16.4. The Labute approximate surface area is 159 Å². The standard InChI is InChI=1S/C19H28ClN3O3/c1-19(2,3)23-18(26)22-15-10-12(9-14(20)17(15)25)11-16(24)21-13-7-5-4-6-8-13/h9-10,13,25H,4-8,11H2,1-3H3,(H,21,24)(H2,22,23,26). The summed E-state index contributed by atoms with van der Waals surface area (Å²) >= 11 is 6.06. The van der Waals surface area contributed by atoms with E-state index in [4.69, 9.17) is 11.6 Å². The van der Waals surface area contributed by atoms with Gasteiger partial charge in [-0.25, -0.2) is 4.79 Å². The molecule has 1 aliphatic rings. The molecule has 1 saturated carbocycles. The number of nitrogens with one attached hydrogen (secondary N) is 3. The van der Waals surface area contributed by atoms with E-state index >= 15 is 0 Å². The molecule has 0 radical (unpaired) electrons. The Morgan fingerprint density at radius 3 is 2.46 bits per heavy atom. The summed E-state index contributed by atoms with van der Waals surface area (Å²) in [6.45, 7) is 5.56. The highest BCUT2D eigenvalue weighted by Crippen LogP contribution is 2.33. The highest BCUT2D eigenvalue weighted by atomic mass is 35.5. The molecule has 0 spiro atoms. The molecule has 0 bridgehead atoms. The number of hydrogen-bond acceptors (Lipinski definition) is 3. The number of aromatic hydroxyl groups is 1. The van der Waals surface area contributed by atoms with E-state index in [0.29, 0.717) is 5.56 Å². The van der Waals surface area contributed by atoms with Crippen molar-refractivity contribution in [2.24, 2.45) is 0 Å².